The SMILES string of the molecule is [CH2]CCCCc1ccccc1S(=O)(=O)CCCCCC. The van der Waals surface area contributed by atoms with Crippen molar-refractivity contribution in [1.29, 1.82) is 0 Å². The van der Waals surface area contributed by atoms with Gasteiger partial charge in [0.2, 0.25) is 0 Å². The van der Waals surface area contributed by atoms with Gasteiger partial charge in [-0.3, -0.25) is 0 Å². The number of benzene rings is 1. The Morgan fingerprint density at radius 2 is 1.75 bits per heavy atom. The van der Waals surface area contributed by atoms with Crippen molar-refractivity contribution in [2.24, 2.45) is 0 Å². The average Bonchev–Trinajstić information content (AvgIpc) is 2.44. The van der Waals surface area contributed by atoms with Crippen LogP contribution in [0.4, 0.5) is 0 Å². The van der Waals surface area contributed by atoms with Crippen molar-refractivity contribution in [2.75, 3.05) is 5.75 Å². The van der Waals surface area contributed by atoms with Crippen LogP contribution >= 0.6 is 0 Å². The zero-order chi connectivity index (χ0) is 14.8. The van der Waals surface area contributed by atoms with E-state index < -0.39 is 9.84 Å². The van der Waals surface area contributed by atoms with Crippen molar-refractivity contribution in [2.45, 2.75) is 63.2 Å². The van der Waals surface area contributed by atoms with E-state index in [4.69, 9.17) is 0 Å². The Morgan fingerprint density at radius 3 is 2.45 bits per heavy atom. The van der Waals surface area contributed by atoms with E-state index in [1.54, 1.807) is 6.07 Å². The molecule has 1 aromatic carbocycles. The van der Waals surface area contributed by atoms with Crippen LogP contribution in [0.25, 0.3) is 0 Å². The van der Waals surface area contributed by atoms with Crippen molar-refractivity contribution in [1.82, 2.24) is 0 Å². The van der Waals surface area contributed by atoms with Gasteiger partial charge in [0.15, 0.2) is 9.84 Å². The van der Waals surface area contributed by atoms with Gasteiger partial charge in [-0.25, -0.2) is 8.42 Å². The van der Waals surface area contributed by atoms with E-state index in [0.29, 0.717) is 4.90 Å². The molecule has 0 N–H and O–H groups in total. The van der Waals surface area contributed by atoms with E-state index in [1.807, 2.05) is 18.2 Å². The molecule has 1 rings (SSSR count). The molecule has 0 spiro atoms. The molecular weight excluding hydrogens is 268 g/mol. The van der Waals surface area contributed by atoms with Gasteiger partial charge in [-0.05, 0) is 30.9 Å². The Kier molecular flexibility index (Phi) is 7.90. The van der Waals surface area contributed by atoms with Crippen molar-refractivity contribution < 1.29 is 8.42 Å². The minimum absolute atomic E-state index is 0.277. The molecule has 1 aromatic rings. The van der Waals surface area contributed by atoms with Crippen LogP contribution in [0.15, 0.2) is 29.2 Å². The third-order valence-electron chi connectivity index (χ3n) is 3.52. The lowest BCUT2D eigenvalue weighted by atomic mass is 10.1. The van der Waals surface area contributed by atoms with Gasteiger partial charge in [-0.15, -0.1) is 0 Å². The van der Waals surface area contributed by atoms with Gasteiger partial charge in [-0.2, -0.15) is 0 Å². The smallest absolute Gasteiger partial charge is 0.178 e. The molecule has 0 unspecified atom stereocenters. The fraction of sp³-hybridized carbons (Fsp3) is 0.588. The normalized spacial score (nSPS) is 11.7. The Bertz CT molecular complexity index is 478. The van der Waals surface area contributed by atoms with Crippen molar-refractivity contribution in [3.63, 3.8) is 0 Å². The van der Waals surface area contributed by atoms with Crippen LogP contribution in [-0.2, 0) is 16.3 Å². The van der Waals surface area contributed by atoms with E-state index in [0.717, 1.165) is 56.9 Å². The van der Waals surface area contributed by atoms with E-state index in [9.17, 15) is 8.42 Å². The second-order valence-electron chi connectivity index (χ2n) is 5.30. The Labute approximate surface area is 124 Å². The van der Waals surface area contributed by atoms with Gasteiger partial charge in [0.1, 0.15) is 0 Å². The molecule has 0 bridgehead atoms. The standard InChI is InChI=1S/C17H27O2S/c1-3-5-7-11-15-20(18,19)17-14-10-9-13-16(17)12-8-6-4-2/h9-10,13-14H,2-8,11-12,15H2,1H3. The summed E-state index contributed by atoms with van der Waals surface area (Å²) in [6, 6.07) is 7.45. The highest BCUT2D eigenvalue weighted by molar-refractivity contribution is 7.91. The highest BCUT2D eigenvalue weighted by Crippen LogP contribution is 2.20. The Balaban J connectivity index is 2.72. The maximum Gasteiger partial charge on any atom is 0.178 e. The summed E-state index contributed by atoms with van der Waals surface area (Å²) in [5.41, 5.74) is 0.969. The molecular formula is C17H27O2S. The molecule has 0 heterocycles. The lowest BCUT2D eigenvalue weighted by molar-refractivity contribution is 0.587. The number of sulfone groups is 1. The Hall–Kier alpha value is -0.830. The monoisotopic (exact) mass is 295 g/mol. The van der Waals surface area contributed by atoms with E-state index in [-0.39, 0.29) is 5.75 Å². The minimum Gasteiger partial charge on any atom is -0.224 e. The summed E-state index contributed by atoms with van der Waals surface area (Å²) >= 11 is 0. The summed E-state index contributed by atoms with van der Waals surface area (Å²) in [5, 5.41) is 0. The maximum absolute atomic E-state index is 12.4. The van der Waals surface area contributed by atoms with E-state index in [1.165, 1.54) is 0 Å². The van der Waals surface area contributed by atoms with Crippen LogP contribution in [0, 0.1) is 6.92 Å². The topological polar surface area (TPSA) is 34.1 Å². The highest BCUT2D eigenvalue weighted by Gasteiger charge is 2.17. The fourth-order valence-electron chi connectivity index (χ4n) is 2.33. The van der Waals surface area contributed by atoms with Crippen LogP contribution in [0.3, 0.4) is 0 Å². The summed E-state index contributed by atoms with van der Waals surface area (Å²) < 4.78 is 24.9. The first kappa shape index (κ1) is 17.2. The second-order valence-corrected chi connectivity index (χ2v) is 7.38. The summed E-state index contributed by atoms with van der Waals surface area (Å²) in [5.74, 6) is 0.277. The van der Waals surface area contributed by atoms with Gasteiger partial charge >= 0.3 is 0 Å². The minimum atomic E-state index is -3.12. The number of hydrogen-bond donors (Lipinski definition) is 0. The summed E-state index contributed by atoms with van der Waals surface area (Å²) in [4.78, 5) is 0.542. The zero-order valence-corrected chi connectivity index (χ0v) is 13.4. The first-order valence-electron chi connectivity index (χ1n) is 7.71. The summed E-state index contributed by atoms with van der Waals surface area (Å²) in [7, 11) is -3.12. The molecule has 113 valence electrons. The molecule has 0 saturated carbocycles. The molecule has 3 heteroatoms. The van der Waals surface area contributed by atoms with Crippen molar-refractivity contribution in [3.05, 3.63) is 36.8 Å². The second kappa shape index (κ2) is 9.17. The molecule has 0 amide bonds. The molecule has 0 aliphatic rings. The predicted octanol–water partition coefficient (Wildman–Crippen LogP) is 4.59. The first-order chi connectivity index (χ1) is 9.61. The quantitative estimate of drug-likeness (QED) is 0.592. The summed E-state index contributed by atoms with van der Waals surface area (Å²) in [6.45, 7) is 5.96. The molecule has 0 atom stereocenters. The molecule has 0 saturated heterocycles. The van der Waals surface area contributed by atoms with Crippen LogP contribution in [0.1, 0.15) is 57.4 Å². The third-order valence-corrected chi connectivity index (χ3v) is 5.41. The third kappa shape index (κ3) is 5.66. The van der Waals surface area contributed by atoms with E-state index >= 15 is 0 Å². The Morgan fingerprint density at radius 1 is 1.00 bits per heavy atom. The number of aryl methyl sites for hydroxylation is 1. The van der Waals surface area contributed by atoms with Gasteiger partial charge in [0.05, 0.1) is 10.6 Å². The van der Waals surface area contributed by atoms with Crippen LogP contribution in [0.5, 0.6) is 0 Å². The molecule has 0 aliphatic heterocycles. The van der Waals surface area contributed by atoms with Crippen LogP contribution < -0.4 is 0 Å². The van der Waals surface area contributed by atoms with Crippen molar-refractivity contribution in [3.8, 4) is 0 Å². The van der Waals surface area contributed by atoms with E-state index in [2.05, 4.69) is 13.8 Å². The maximum atomic E-state index is 12.4. The lowest BCUT2D eigenvalue weighted by Gasteiger charge is -2.10. The lowest BCUT2D eigenvalue weighted by Crippen LogP contribution is -2.09. The first-order valence-corrected chi connectivity index (χ1v) is 9.37. The molecule has 2 nitrogen and oxygen atoms in total. The predicted molar refractivity (Wildman–Crippen MR) is 85.5 cm³/mol. The van der Waals surface area contributed by atoms with Gasteiger partial charge in [-0.1, -0.05) is 64.2 Å². The average molecular weight is 295 g/mol. The van der Waals surface area contributed by atoms with Crippen molar-refractivity contribution >= 4 is 9.84 Å². The van der Waals surface area contributed by atoms with Gasteiger partial charge in [0.25, 0.3) is 0 Å². The molecule has 0 aliphatic carbocycles. The molecule has 20 heavy (non-hydrogen) atoms. The number of hydrogen-bond acceptors (Lipinski definition) is 2. The van der Waals surface area contributed by atoms with Gasteiger partial charge in [0, 0.05) is 0 Å². The molecule has 0 aromatic heterocycles. The van der Waals surface area contributed by atoms with Crippen LogP contribution in [-0.4, -0.2) is 14.2 Å². The van der Waals surface area contributed by atoms with Crippen LogP contribution in [0.2, 0.25) is 0 Å². The molecule has 0 fully saturated rings. The highest BCUT2D eigenvalue weighted by atomic mass is 32.2. The number of unbranched alkanes of at least 4 members (excludes halogenated alkanes) is 5. The fourth-order valence-corrected chi connectivity index (χ4v) is 3.99. The molecule has 1 radical (unpaired) electrons. The largest absolute Gasteiger partial charge is 0.224 e. The zero-order valence-electron chi connectivity index (χ0n) is 12.6. The number of rotatable bonds is 10. The summed E-state index contributed by atoms with van der Waals surface area (Å²) in [6.07, 6.45) is 7.80. The van der Waals surface area contributed by atoms with Gasteiger partial charge < -0.3 is 0 Å².